The average Bonchev–Trinajstić information content (AvgIpc) is 2.08. The lowest BCUT2D eigenvalue weighted by Crippen LogP contribution is -2.27. The van der Waals surface area contributed by atoms with Crippen molar-refractivity contribution in [1.82, 2.24) is 4.98 Å². The van der Waals surface area contributed by atoms with E-state index in [4.69, 9.17) is 11.6 Å². The van der Waals surface area contributed by atoms with Crippen LogP contribution in [-0.4, -0.2) is 29.8 Å². The number of hydrogen-bond donors (Lipinski definition) is 1. The number of pyridine rings is 1. The van der Waals surface area contributed by atoms with Crippen LogP contribution < -0.4 is 4.90 Å². The van der Waals surface area contributed by atoms with Crippen LogP contribution in [0.3, 0.4) is 0 Å². The molecule has 1 atom stereocenters. The molecule has 0 aliphatic heterocycles. The summed E-state index contributed by atoms with van der Waals surface area (Å²) >= 11 is 8.01. The Morgan fingerprint density at radius 2 is 2.36 bits per heavy atom. The third kappa shape index (κ3) is 3.25. The normalized spacial score (nSPS) is 12.6. The van der Waals surface area contributed by atoms with Gasteiger partial charge in [0.25, 0.3) is 0 Å². The highest BCUT2D eigenvalue weighted by Gasteiger charge is 2.07. The van der Waals surface area contributed by atoms with Crippen molar-refractivity contribution in [1.29, 1.82) is 0 Å². The van der Waals surface area contributed by atoms with Gasteiger partial charge in [-0.1, -0.05) is 11.6 Å². The van der Waals surface area contributed by atoms with Gasteiger partial charge >= 0.3 is 0 Å². The van der Waals surface area contributed by atoms with Crippen LogP contribution in [0.1, 0.15) is 6.92 Å². The fourth-order valence-electron chi connectivity index (χ4n) is 1.10. The summed E-state index contributed by atoms with van der Waals surface area (Å²) in [5, 5.41) is 9.86. The van der Waals surface area contributed by atoms with E-state index in [-0.39, 0.29) is 6.10 Å². The Kier molecular flexibility index (Phi) is 4.40. The summed E-state index contributed by atoms with van der Waals surface area (Å²) in [6.45, 7) is 2.31. The van der Waals surface area contributed by atoms with E-state index in [0.29, 0.717) is 11.6 Å². The van der Waals surface area contributed by atoms with Gasteiger partial charge in [0, 0.05) is 23.4 Å². The highest BCUT2D eigenvalue weighted by Crippen LogP contribution is 2.21. The van der Waals surface area contributed by atoms with Gasteiger partial charge in [-0.25, -0.2) is 4.98 Å². The molecule has 5 heteroatoms. The number of aliphatic hydroxyl groups is 1. The molecule has 0 spiro atoms. The van der Waals surface area contributed by atoms with Crippen molar-refractivity contribution in [3.8, 4) is 0 Å². The Labute approximate surface area is 102 Å². The largest absolute Gasteiger partial charge is 0.392 e. The van der Waals surface area contributed by atoms with Crippen LogP contribution in [0.15, 0.2) is 12.3 Å². The fraction of sp³-hybridized carbons (Fsp3) is 0.444. The molecule has 1 N–H and O–H groups in total. The maximum Gasteiger partial charge on any atom is 0.129 e. The zero-order chi connectivity index (χ0) is 10.7. The molecule has 1 rings (SSSR count). The van der Waals surface area contributed by atoms with E-state index < -0.39 is 0 Å². The minimum Gasteiger partial charge on any atom is -0.392 e. The predicted molar refractivity (Wildman–Crippen MR) is 66.9 cm³/mol. The third-order valence-corrected chi connectivity index (χ3v) is 3.24. The van der Waals surface area contributed by atoms with Gasteiger partial charge in [0.2, 0.25) is 0 Å². The number of aliphatic hydroxyl groups excluding tert-OH is 1. The van der Waals surface area contributed by atoms with Crippen molar-refractivity contribution < 1.29 is 5.11 Å². The first-order valence-electron chi connectivity index (χ1n) is 4.21. The highest BCUT2D eigenvalue weighted by molar-refractivity contribution is 14.1. The molecule has 1 aromatic heterocycles. The lowest BCUT2D eigenvalue weighted by atomic mass is 10.3. The number of hydrogen-bond acceptors (Lipinski definition) is 3. The van der Waals surface area contributed by atoms with E-state index in [1.807, 2.05) is 18.0 Å². The molecule has 1 unspecified atom stereocenters. The summed E-state index contributed by atoms with van der Waals surface area (Å²) in [5.74, 6) is 0.819. The van der Waals surface area contributed by atoms with E-state index in [1.165, 1.54) is 0 Å². The monoisotopic (exact) mass is 326 g/mol. The van der Waals surface area contributed by atoms with Crippen molar-refractivity contribution in [2.24, 2.45) is 0 Å². The number of rotatable bonds is 3. The number of nitrogens with zero attached hydrogens (tertiary/aromatic N) is 2. The van der Waals surface area contributed by atoms with Crippen molar-refractivity contribution in [3.05, 3.63) is 20.9 Å². The molecule has 0 aliphatic carbocycles. The Hall–Kier alpha value is -0.0700. The summed E-state index contributed by atoms with van der Waals surface area (Å²) < 4.78 is 0.965. The molecular formula is C9H12ClIN2O. The highest BCUT2D eigenvalue weighted by atomic mass is 127. The summed E-state index contributed by atoms with van der Waals surface area (Å²) in [6.07, 6.45) is 1.26. The van der Waals surface area contributed by atoms with E-state index in [0.717, 1.165) is 9.39 Å². The van der Waals surface area contributed by atoms with E-state index in [2.05, 4.69) is 27.6 Å². The summed E-state index contributed by atoms with van der Waals surface area (Å²) in [7, 11) is 1.89. The van der Waals surface area contributed by atoms with Crippen molar-refractivity contribution in [2.45, 2.75) is 13.0 Å². The Bertz CT molecular complexity index is 320. The summed E-state index contributed by atoms with van der Waals surface area (Å²) in [6, 6.07) is 1.89. The first-order valence-corrected chi connectivity index (χ1v) is 5.66. The predicted octanol–water partition coefficient (Wildman–Crippen LogP) is 2.16. The van der Waals surface area contributed by atoms with Crippen LogP contribution >= 0.6 is 34.2 Å². The molecule has 0 aromatic carbocycles. The minimum atomic E-state index is -0.366. The maximum absolute atomic E-state index is 9.21. The van der Waals surface area contributed by atoms with Crippen LogP contribution in [0, 0.1) is 3.57 Å². The smallest absolute Gasteiger partial charge is 0.129 e. The van der Waals surface area contributed by atoms with Gasteiger partial charge in [-0.2, -0.15) is 0 Å². The molecule has 3 nitrogen and oxygen atoms in total. The Balaban J connectivity index is 2.80. The van der Waals surface area contributed by atoms with Gasteiger partial charge < -0.3 is 10.0 Å². The molecule has 0 amide bonds. The van der Waals surface area contributed by atoms with E-state index >= 15 is 0 Å². The van der Waals surface area contributed by atoms with Gasteiger partial charge in [0.05, 0.1) is 11.1 Å². The number of aromatic nitrogens is 1. The van der Waals surface area contributed by atoms with Crippen molar-refractivity contribution in [3.63, 3.8) is 0 Å². The molecule has 0 bridgehead atoms. The van der Waals surface area contributed by atoms with Gasteiger partial charge in [0.15, 0.2) is 0 Å². The van der Waals surface area contributed by atoms with Gasteiger partial charge in [-0.3, -0.25) is 0 Å². The van der Waals surface area contributed by atoms with Gasteiger partial charge in [0.1, 0.15) is 5.82 Å². The van der Waals surface area contributed by atoms with Crippen LogP contribution in [-0.2, 0) is 0 Å². The van der Waals surface area contributed by atoms with Crippen LogP contribution in [0.4, 0.5) is 5.82 Å². The molecule has 14 heavy (non-hydrogen) atoms. The summed E-state index contributed by atoms with van der Waals surface area (Å²) in [4.78, 5) is 6.06. The zero-order valence-corrected chi connectivity index (χ0v) is 11.0. The molecule has 0 fully saturated rings. The lowest BCUT2D eigenvalue weighted by molar-refractivity contribution is 0.201. The Morgan fingerprint density at radius 3 is 2.86 bits per heavy atom. The second kappa shape index (κ2) is 5.14. The lowest BCUT2D eigenvalue weighted by Gasteiger charge is -2.19. The first kappa shape index (κ1) is 12.0. The summed E-state index contributed by atoms with van der Waals surface area (Å²) in [5.41, 5.74) is 0. The zero-order valence-electron chi connectivity index (χ0n) is 8.04. The number of anilines is 1. The molecule has 78 valence electrons. The van der Waals surface area contributed by atoms with Crippen LogP contribution in [0.25, 0.3) is 0 Å². The SMILES string of the molecule is CC(O)CN(C)c1cc(I)c(Cl)cn1. The van der Waals surface area contributed by atoms with Crippen LogP contribution in [0.2, 0.25) is 5.02 Å². The first-order chi connectivity index (χ1) is 6.50. The van der Waals surface area contributed by atoms with Gasteiger partial charge in [-0.15, -0.1) is 0 Å². The molecule has 1 aromatic rings. The molecule has 0 saturated heterocycles. The molecule has 1 heterocycles. The maximum atomic E-state index is 9.21. The fourth-order valence-corrected chi connectivity index (χ4v) is 1.62. The number of halogens is 2. The third-order valence-electron chi connectivity index (χ3n) is 1.72. The van der Waals surface area contributed by atoms with Gasteiger partial charge in [-0.05, 0) is 35.6 Å². The topological polar surface area (TPSA) is 36.4 Å². The van der Waals surface area contributed by atoms with E-state index in [1.54, 1.807) is 13.1 Å². The van der Waals surface area contributed by atoms with Crippen molar-refractivity contribution >= 4 is 40.0 Å². The molecule has 0 aliphatic rings. The standard InChI is InChI=1S/C9H12ClIN2O/c1-6(14)5-13(2)9-3-8(11)7(10)4-12-9/h3-4,6,14H,5H2,1-2H3. The number of likely N-dealkylation sites (N-methyl/N-ethyl adjacent to an activating group) is 1. The second-order valence-corrected chi connectivity index (χ2v) is 4.76. The molecule has 0 saturated carbocycles. The van der Waals surface area contributed by atoms with Crippen molar-refractivity contribution in [2.75, 3.05) is 18.5 Å². The van der Waals surface area contributed by atoms with E-state index in [9.17, 15) is 5.11 Å². The minimum absolute atomic E-state index is 0.366. The second-order valence-electron chi connectivity index (χ2n) is 3.19. The van der Waals surface area contributed by atoms with Crippen LogP contribution in [0.5, 0.6) is 0 Å². The Morgan fingerprint density at radius 1 is 1.71 bits per heavy atom. The average molecular weight is 327 g/mol. The molecule has 0 radical (unpaired) electrons. The molecular weight excluding hydrogens is 314 g/mol. The quantitative estimate of drug-likeness (QED) is 0.865.